The molecule has 6 heteroatoms. The highest BCUT2D eigenvalue weighted by Gasteiger charge is 2.19. The lowest BCUT2D eigenvalue weighted by Gasteiger charge is -2.36. The van der Waals surface area contributed by atoms with Crippen molar-refractivity contribution >= 4 is 11.8 Å². The summed E-state index contributed by atoms with van der Waals surface area (Å²) in [7, 11) is 0. The SMILES string of the molecule is CCN=C(NN)N1CCN(c2ccccn2)CC1. The van der Waals surface area contributed by atoms with E-state index in [2.05, 4.69) is 25.2 Å². The first-order valence-corrected chi connectivity index (χ1v) is 6.27. The summed E-state index contributed by atoms with van der Waals surface area (Å²) in [6.45, 7) is 6.41. The summed E-state index contributed by atoms with van der Waals surface area (Å²) in [5, 5.41) is 0. The Morgan fingerprint density at radius 2 is 2.17 bits per heavy atom. The monoisotopic (exact) mass is 248 g/mol. The van der Waals surface area contributed by atoms with Gasteiger partial charge in [-0.2, -0.15) is 0 Å². The molecule has 1 aromatic heterocycles. The lowest BCUT2D eigenvalue weighted by molar-refractivity contribution is 0.371. The number of aliphatic imine (C=N–C) groups is 1. The van der Waals surface area contributed by atoms with Gasteiger partial charge in [-0.25, -0.2) is 10.8 Å². The number of guanidine groups is 1. The van der Waals surface area contributed by atoms with Crippen molar-refractivity contribution in [1.29, 1.82) is 0 Å². The van der Waals surface area contributed by atoms with Crippen LogP contribution in [0.2, 0.25) is 0 Å². The molecule has 0 spiro atoms. The molecule has 18 heavy (non-hydrogen) atoms. The molecule has 1 aliphatic heterocycles. The maximum Gasteiger partial charge on any atom is 0.208 e. The summed E-state index contributed by atoms with van der Waals surface area (Å²) in [4.78, 5) is 13.1. The predicted molar refractivity (Wildman–Crippen MR) is 73.3 cm³/mol. The van der Waals surface area contributed by atoms with Crippen LogP contribution in [0.15, 0.2) is 29.4 Å². The Balaban J connectivity index is 1.94. The number of nitrogens with two attached hydrogens (primary N) is 1. The molecule has 1 aliphatic rings. The normalized spacial score (nSPS) is 16.9. The molecule has 0 aliphatic carbocycles. The molecule has 0 bridgehead atoms. The first-order valence-electron chi connectivity index (χ1n) is 6.27. The first-order chi connectivity index (χ1) is 8.85. The van der Waals surface area contributed by atoms with Crippen molar-refractivity contribution in [2.45, 2.75) is 6.92 Å². The van der Waals surface area contributed by atoms with Crippen molar-refractivity contribution in [3.8, 4) is 0 Å². The van der Waals surface area contributed by atoms with Gasteiger partial charge in [0.2, 0.25) is 5.96 Å². The molecule has 1 saturated heterocycles. The number of aromatic nitrogens is 1. The fraction of sp³-hybridized carbons (Fsp3) is 0.500. The average molecular weight is 248 g/mol. The van der Waals surface area contributed by atoms with Gasteiger partial charge in [0.15, 0.2) is 0 Å². The molecule has 0 aromatic carbocycles. The van der Waals surface area contributed by atoms with Gasteiger partial charge in [-0.1, -0.05) is 6.07 Å². The minimum atomic E-state index is 0.736. The molecule has 2 rings (SSSR count). The lowest BCUT2D eigenvalue weighted by atomic mass is 10.3. The number of hydrogen-bond donors (Lipinski definition) is 2. The molecule has 0 atom stereocenters. The third-order valence-electron chi connectivity index (χ3n) is 2.99. The van der Waals surface area contributed by atoms with E-state index >= 15 is 0 Å². The molecule has 0 saturated carbocycles. The highest BCUT2D eigenvalue weighted by molar-refractivity contribution is 5.79. The number of hydrogen-bond acceptors (Lipinski definition) is 4. The van der Waals surface area contributed by atoms with E-state index in [-0.39, 0.29) is 0 Å². The van der Waals surface area contributed by atoms with Crippen LogP contribution in [0.25, 0.3) is 0 Å². The van der Waals surface area contributed by atoms with Gasteiger partial charge in [-0.3, -0.25) is 10.4 Å². The van der Waals surface area contributed by atoms with Crippen LogP contribution in [-0.2, 0) is 0 Å². The van der Waals surface area contributed by atoms with E-state index in [0.29, 0.717) is 0 Å². The number of piperazine rings is 1. The highest BCUT2D eigenvalue weighted by atomic mass is 15.4. The van der Waals surface area contributed by atoms with Crippen molar-refractivity contribution in [1.82, 2.24) is 15.3 Å². The first kappa shape index (κ1) is 12.6. The molecule has 98 valence electrons. The molecule has 0 unspecified atom stereocenters. The Hall–Kier alpha value is -1.82. The number of nitrogens with zero attached hydrogens (tertiary/aromatic N) is 4. The Morgan fingerprint density at radius 3 is 2.72 bits per heavy atom. The van der Waals surface area contributed by atoms with Crippen LogP contribution < -0.4 is 16.2 Å². The fourth-order valence-electron chi connectivity index (χ4n) is 2.07. The second-order valence-corrected chi connectivity index (χ2v) is 4.10. The standard InChI is InChI=1S/C12H20N6/c1-2-14-12(16-13)18-9-7-17(8-10-18)11-5-3-4-6-15-11/h3-6H,2,7-10,13H2,1H3,(H,14,16). The Kier molecular flexibility index (Phi) is 4.35. The molecule has 0 amide bonds. The summed E-state index contributed by atoms with van der Waals surface area (Å²) in [6.07, 6.45) is 1.83. The van der Waals surface area contributed by atoms with E-state index in [1.807, 2.05) is 31.3 Å². The summed E-state index contributed by atoms with van der Waals surface area (Å²) >= 11 is 0. The van der Waals surface area contributed by atoms with Crippen LogP contribution in [0.3, 0.4) is 0 Å². The van der Waals surface area contributed by atoms with Gasteiger partial charge in [-0.05, 0) is 19.1 Å². The molecule has 0 radical (unpaired) electrons. The molecule has 1 fully saturated rings. The van der Waals surface area contributed by atoms with Crippen LogP contribution in [0, 0.1) is 0 Å². The quantitative estimate of drug-likeness (QED) is 0.335. The zero-order valence-electron chi connectivity index (χ0n) is 10.7. The van der Waals surface area contributed by atoms with E-state index in [1.54, 1.807) is 0 Å². The lowest BCUT2D eigenvalue weighted by Crippen LogP contribution is -2.54. The molecular formula is C12H20N6. The minimum Gasteiger partial charge on any atom is -0.353 e. The predicted octanol–water partition coefficient (Wildman–Crippen LogP) is 0.0428. The van der Waals surface area contributed by atoms with Crippen molar-refractivity contribution in [2.75, 3.05) is 37.6 Å². The van der Waals surface area contributed by atoms with Gasteiger partial charge in [0.1, 0.15) is 5.82 Å². The molecule has 3 N–H and O–H groups in total. The number of pyridine rings is 1. The third kappa shape index (κ3) is 2.89. The molecule has 1 aromatic rings. The largest absolute Gasteiger partial charge is 0.353 e. The Bertz CT molecular complexity index is 383. The zero-order chi connectivity index (χ0) is 12.8. The van der Waals surface area contributed by atoms with Gasteiger partial charge < -0.3 is 9.80 Å². The smallest absolute Gasteiger partial charge is 0.208 e. The van der Waals surface area contributed by atoms with Crippen LogP contribution >= 0.6 is 0 Å². The zero-order valence-corrected chi connectivity index (χ0v) is 10.7. The van der Waals surface area contributed by atoms with Crippen molar-refractivity contribution in [3.63, 3.8) is 0 Å². The average Bonchev–Trinajstić information content (AvgIpc) is 2.46. The third-order valence-corrected chi connectivity index (χ3v) is 2.99. The second-order valence-electron chi connectivity index (χ2n) is 4.10. The number of nitrogens with one attached hydrogen (secondary N) is 1. The van der Waals surface area contributed by atoms with Gasteiger partial charge in [-0.15, -0.1) is 0 Å². The van der Waals surface area contributed by atoms with E-state index in [4.69, 9.17) is 5.84 Å². The fourth-order valence-corrected chi connectivity index (χ4v) is 2.07. The van der Waals surface area contributed by atoms with E-state index in [1.165, 1.54) is 0 Å². The van der Waals surface area contributed by atoms with Crippen LogP contribution in [0.4, 0.5) is 5.82 Å². The highest BCUT2D eigenvalue weighted by Crippen LogP contribution is 2.12. The number of hydrazine groups is 1. The van der Waals surface area contributed by atoms with E-state index in [0.717, 1.165) is 44.5 Å². The summed E-state index contributed by atoms with van der Waals surface area (Å²) in [5.74, 6) is 7.30. The molecule has 2 heterocycles. The molecule has 6 nitrogen and oxygen atoms in total. The summed E-state index contributed by atoms with van der Waals surface area (Å²) < 4.78 is 0. The Labute approximate surface area is 107 Å². The van der Waals surface area contributed by atoms with Crippen molar-refractivity contribution in [2.24, 2.45) is 10.8 Å². The van der Waals surface area contributed by atoms with Gasteiger partial charge in [0, 0.05) is 38.9 Å². The second kappa shape index (κ2) is 6.20. The van der Waals surface area contributed by atoms with Crippen LogP contribution in [-0.4, -0.2) is 48.6 Å². The van der Waals surface area contributed by atoms with Crippen molar-refractivity contribution in [3.05, 3.63) is 24.4 Å². The number of rotatable bonds is 2. The maximum atomic E-state index is 5.49. The topological polar surface area (TPSA) is 69.8 Å². The number of anilines is 1. The van der Waals surface area contributed by atoms with E-state index in [9.17, 15) is 0 Å². The molecular weight excluding hydrogens is 228 g/mol. The van der Waals surface area contributed by atoms with E-state index < -0.39 is 0 Å². The minimum absolute atomic E-state index is 0.736. The summed E-state index contributed by atoms with van der Waals surface area (Å²) in [6, 6.07) is 5.99. The van der Waals surface area contributed by atoms with Crippen LogP contribution in [0.1, 0.15) is 6.92 Å². The van der Waals surface area contributed by atoms with Gasteiger partial charge in [0.05, 0.1) is 0 Å². The summed E-state index contributed by atoms with van der Waals surface area (Å²) in [5.41, 5.74) is 2.67. The van der Waals surface area contributed by atoms with Crippen molar-refractivity contribution < 1.29 is 0 Å². The van der Waals surface area contributed by atoms with Crippen LogP contribution in [0.5, 0.6) is 0 Å². The van der Waals surface area contributed by atoms with Gasteiger partial charge >= 0.3 is 0 Å². The Morgan fingerprint density at radius 1 is 1.39 bits per heavy atom. The maximum absolute atomic E-state index is 5.49. The van der Waals surface area contributed by atoms with Gasteiger partial charge in [0.25, 0.3) is 0 Å².